The molecule has 0 saturated heterocycles. The van der Waals surface area contributed by atoms with Gasteiger partial charge in [0.15, 0.2) is 0 Å². The van der Waals surface area contributed by atoms with Gasteiger partial charge in [-0.3, -0.25) is 9.78 Å². The van der Waals surface area contributed by atoms with Gasteiger partial charge in [-0.2, -0.15) is 0 Å². The number of carboxylic acid groups (broad SMARTS) is 1. The lowest BCUT2D eigenvalue weighted by atomic mass is 10.1. The third-order valence-electron chi connectivity index (χ3n) is 3.00. The maximum atomic E-state index is 12.3. The van der Waals surface area contributed by atoms with Gasteiger partial charge in [0, 0.05) is 18.9 Å². The Bertz CT molecular complexity index is 714. The van der Waals surface area contributed by atoms with Crippen molar-refractivity contribution in [2.75, 3.05) is 6.61 Å². The minimum atomic E-state index is -1.11. The molecule has 1 heterocycles. The molecule has 0 unspecified atom stereocenters. The van der Waals surface area contributed by atoms with E-state index < -0.39 is 11.9 Å². The van der Waals surface area contributed by atoms with Gasteiger partial charge in [-0.15, -0.1) is 0 Å². The molecule has 0 saturated carbocycles. The van der Waals surface area contributed by atoms with Crippen LogP contribution >= 0.6 is 0 Å². The molecular weight excluding hydrogens is 296 g/mol. The second kappa shape index (κ2) is 7.74. The number of rotatable bonds is 7. The van der Waals surface area contributed by atoms with Gasteiger partial charge in [-0.05, 0) is 29.8 Å². The minimum Gasteiger partial charge on any atom is -0.489 e. The van der Waals surface area contributed by atoms with Crippen molar-refractivity contribution in [1.29, 1.82) is 0 Å². The molecule has 0 spiro atoms. The predicted octanol–water partition coefficient (Wildman–Crippen LogP) is 2.27. The Morgan fingerprint density at radius 3 is 2.83 bits per heavy atom. The van der Waals surface area contributed by atoms with Crippen molar-refractivity contribution in [1.82, 2.24) is 10.3 Å². The largest absolute Gasteiger partial charge is 0.489 e. The molecule has 2 N–H and O–H groups in total. The van der Waals surface area contributed by atoms with Crippen molar-refractivity contribution in [3.63, 3.8) is 0 Å². The molecule has 2 aromatic rings. The van der Waals surface area contributed by atoms with Gasteiger partial charge in [-0.25, -0.2) is 4.79 Å². The Hall–Kier alpha value is -3.15. The van der Waals surface area contributed by atoms with Gasteiger partial charge >= 0.3 is 5.97 Å². The van der Waals surface area contributed by atoms with Gasteiger partial charge in [0.05, 0.1) is 11.1 Å². The molecule has 0 fully saturated rings. The van der Waals surface area contributed by atoms with Crippen molar-refractivity contribution < 1.29 is 19.4 Å². The van der Waals surface area contributed by atoms with Crippen LogP contribution in [0, 0.1) is 0 Å². The van der Waals surface area contributed by atoms with Crippen molar-refractivity contribution in [3.05, 3.63) is 72.1 Å². The summed E-state index contributed by atoms with van der Waals surface area (Å²) in [6.07, 6.45) is 4.83. The number of ether oxygens (including phenoxy) is 1. The first kappa shape index (κ1) is 16.2. The topological polar surface area (TPSA) is 88.5 Å². The molecule has 1 amide bonds. The molecule has 0 aliphatic heterocycles. The fourth-order valence-electron chi connectivity index (χ4n) is 1.90. The highest BCUT2D eigenvalue weighted by molar-refractivity contribution is 5.99. The molecule has 1 aromatic heterocycles. The van der Waals surface area contributed by atoms with Gasteiger partial charge in [0.25, 0.3) is 5.91 Å². The Morgan fingerprint density at radius 2 is 2.17 bits per heavy atom. The Balaban J connectivity index is 2.19. The normalized spacial score (nSPS) is 9.91. The summed E-state index contributed by atoms with van der Waals surface area (Å²) in [6, 6.07) is 7.74. The van der Waals surface area contributed by atoms with Crippen LogP contribution in [0.25, 0.3) is 0 Å². The van der Waals surface area contributed by atoms with Crippen molar-refractivity contribution >= 4 is 11.9 Å². The summed E-state index contributed by atoms with van der Waals surface area (Å²) in [7, 11) is 0. The van der Waals surface area contributed by atoms with E-state index in [2.05, 4.69) is 16.9 Å². The van der Waals surface area contributed by atoms with Crippen LogP contribution in [0.5, 0.6) is 5.75 Å². The van der Waals surface area contributed by atoms with Crippen LogP contribution in [-0.2, 0) is 6.54 Å². The van der Waals surface area contributed by atoms with E-state index in [0.29, 0.717) is 5.75 Å². The molecule has 6 nitrogen and oxygen atoms in total. The molecule has 0 bridgehead atoms. The molecule has 0 atom stereocenters. The van der Waals surface area contributed by atoms with Crippen LogP contribution in [0.1, 0.15) is 26.3 Å². The number of carbonyl (C=O) groups excluding carboxylic acids is 1. The maximum Gasteiger partial charge on any atom is 0.335 e. The number of nitrogens with one attached hydrogen (secondary N) is 1. The van der Waals surface area contributed by atoms with Crippen LogP contribution in [-0.4, -0.2) is 28.6 Å². The average molecular weight is 312 g/mol. The molecule has 1 aromatic carbocycles. The Morgan fingerprint density at radius 1 is 1.35 bits per heavy atom. The first-order valence-electron chi connectivity index (χ1n) is 6.90. The third kappa shape index (κ3) is 4.41. The van der Waals surface area contributed by atoms with Gasteiger partial charge in [0.2, 0.25) is 0 Å². The van der Waals surface area contributed by atoms with Crippen LogP contribution in [0.2, 0.25) is 0 Å². The fraction of sp³-hybridized carbons (Fsp3) is 0.118. The van der Waals surface area contributed by atoms with Crippen molar-refractivity contribution in [3.8, 4) is 5.75 Å². The second-order valence-corrected chi connectivity index (χ2v) is 4.66. The van der Waals surface area contributed by atoms with Crippen LogP contribution in [0.15, 0.2) is 55.4 Å². The van der Waals surface area contributed by atoms with Gasteiger partial charge in [0.1, 0.15) is 12.4 Å². The van der Waals surface area contributed by atoms with Crippen LogP contribution in [0.4, 0.5) is 0 Å². The van der Waals surface area contributed by atoms with Crippen molar-refractivity contribution in [2.24, 2.45) is 0 Å². The second-order valence-electron chi connectivity index (χ2n) is 4.66. The van der Waals surface area contributed by atoms with E-state index in [-0.39, 0.29) is 24.3 Å². The summed E-state index contributed by atoms with van der Waals surface area (Å²) in [6.45, 7) is 4.05. The quantitative estimate of drug-likeness (QED) is 0.766. The number of carbonyl (C=O) groups is 2. The SMILES string of the molecule is C=CCOc1ccc(C(=O)O)cc1C(=O)NCc1cccnc1. The predicted molar refractivity (Wildman–Crippen MR) is 84.5 cm³/mol. The summed E-state index contributed by atoms with van der Waals surface area (Å²) in [4.78, 5) is 27.4. The zero-order valence-corrected chi connectivity index (χ0v) is 12.4. The molecular formula is C17H16N2O4. The highest BCUT2D eigenvalue weighted by Gasteiger charge is 2.15. The van der Waals surface area contributed by atoms with E-state index in [4.69, 9.17) is 9.84 Å². The summed E-state index contributed by atoms with van der Waals surface area (Å²) in [5.41, 5.74) is 1.02. The minimum absolute atomic E-state index is 0.0162. The molecule has 118 valence electrons. The highest BCUT2D eigenvalue weighted by Crippen LogP contribution is 2.20. The number of amides is 1. The highest BCUT2D eigenvalue weighted by atomic mass is 16.5. The van der Waals surface area contributed by atoms with E-state index in [1.807, 2.05) is 6.07 Å². The monoisotopic (exact) mass is 312 g/mol. The van der Waals surface area contributed by atoms with Crippen LogP contribution in [0.3, 0.4) is 0 Å². The van der Waals surface area contributed by atoms with E-state index >= 15 is 0 Å². The van der Waals surface area contributed by atoms with Gasteiger partial charge in [-0.1, -0.05) is 18.7 Å². The zero-order chi connectivity index (χ0) is 16.7. The van der Waals surface area contributed by atoms with E-state index in [1.54, 1.807) is 24.5 Å². The molecule has 0 radical (unpaired) electrons. The lowest BCUT2D eigenvalue weighted by Crippen LogP contribution is -2.24. The number of aromatic nitrogens is 1. The third-order valence-corrected chi connectivity index (χ3v) is 3.00. The molecule has 2 rings (SSSR count). The number of hydrogen-bond donors (Lipinski definition) is 2. The molecule has 0 aliphatic carbocycles. The Kier molecular flexibility index (Phi) is 5.46. The number of benzene rings is 1. The van der Waals surface area contributed by atoms with Crippen molar-refractivity contribution in [2.45, 2.75) is 6.54 Å². The fourth-order valence-corrected chi connectivity index (χ4v) is 1.90. The number of pyridine rings is 1. The van der Waals surface area contributed by atoms with E-state index in [1.165, 1.54) is 18.2 Å². The number of carboxylic acids is 1. The lowest BCUT2D eigenvalue weighted by Gasteiger charge is -2.11. The maximum absolute atomic E-state index is 12.3. The zero-order valence-electron chi connectivity index (χ0n) is 12.4. The Labute approximate surface area is 133 Å². The first-order chi connectivity index (χ1) is 11.1. The first-order valence-corrected chi connectivity index (χ1v) is 6.90. The molecule has 23 heavy (non-hydrogen) atoms. The molecule has 6 heteroatoms. The standard InChI is InChI=1S/C17H16N2O4/c1-2-8-23-15-6-5-13(17(21)22)9-14(15)16(20)19-11-12-4-3-7-18-10-12/h2-7,9-10H,1,8,11H2,(H,19,20)(H,21,22). The van der Waals surface area contributed by atoms with E-state index in [9.17, 15) is 9.59 Å². The summed E-state index contributed by atoms with van der Waals surface area (Å²) >= 11 is 0. The van der Waals surface area contributed by atoms with E-state index in [0.717, 1.165) is 5.56 Å². The average Bonchev–Trinajstić information content (AvgIpc) is 2.58. The summed E-state index contributed by atoms with van der Waals surface area (Å²) in [5, 5.41) is 11.8. The number of nitrogens with zero attached hydrogens (tertiary/aromatic N) is 1. The summed E-state index contributed by atoms with van der Waals surface area (Å²) in [5.74, 6) is -1.23. The van der Waals surface area contributed by atoms with Gasteiger partial charge < -0.3 is 15.2 Å². The van der Waals surface area contributed by atoms with Crippen LogP contribution < -0.4 is 10.1 Å². The lowest BCUT2D eigenvalue weighted by molar-refractivity contribution is 0.0697. The number of aromatic carboxylic acids is 1. The summed E-state index contributed by atoms with van der Waals surface area (Å²) < 4.78 is 5.41. The molecule has 0 aliphatic rings. The smallest absolute Gasteiger partial charge is 0.335 e. The number of hydrogen-bond acceptors (Lipinski definition) is 4.